The van der Waals surface area contributed by atoms with Crippen molar-refractivity contribution in [3.63, 3.8) is 0 Å². The molecule has 0 N–H and O–H groups in total. The zero-order valence-electron chi connectivity index (χ0n) is 21.4. The first-order valence-corrected chi connectivity index (χ1v) is 12.4. The summed E-state index contributed by atoms with van der Waals surface area (Å²) in [6.45, 7) is 8.56. The van der Waals surface area contributed by atoms with Crippen LogP contribution in [0.1, 0.15) is 32.2 Å². The molecule has 6 aromatic rings. The summed E-state index contributed by atoms with van der Waals surface area (Å²) < 4.78 is 10.9. The van der Waals surface area contributed by atoms with Gasteiger partial charge in [-0.15, -0.1) is 0 Å². The molecule has 2 heterocycles. The third-order valence-electron chi connectivity index (χ3n) is 6.88. The second-order valence-electron chi connectivity index (χ2n) is 10.5. The van der Waals surface area contributed by atoms with E-state index in [4.69, 9.17) is 9.40 Å². The van der Waals surface area contributed by atoms with E-state index < -0.39 is 0 Å². The first-order chi connectivity index (χ1) is 17.3. The minimum Gasteiger partial charge on any atom is -0.440 e. The molecule has 0 unspecified atom stereocenters. The van der Waals surface area contributed by atoms with Crippen LogP contribution in [0.4, 0.5) is 0 Å². The van der Waals surface area contributed by atoms with Gasteiger partial charge in [-0.3, -0.25) is 0 Å². The molecular weight excluding hydrogens is 442 g/mol. The van der Waals surface area contributed by atoms with E-state index in [2.05, 4.69) is 123 Å². The molecule has 178 valence electrons. The van der Waals surface area contributed by atoms with Gasteiger partial charge in [-0.1, -0.05) is 81.4 Å². The number of fused-ring (bicyclic) bond motifs is 2. The van der Waals surface area contributed by atoms with Crippen LogP contribution in [0, 0.1) is 6.92 Å². The van der Waals surface area contributed by atoms with Gasteiger partial charge < -0.3 is 4.42 Å². The molecule has 0 atom stereocenters. The van der Waals surface area contributed by atoms with Crippen LogP contribution < -0.4 is 4.57 Å². The Labute approximate surface area is 211 Å². The largest absolute Gasteiger partial charge is 0.440 e. The standard InChI is InChI=1S/C32H30N3O/c1-21-15-20-27-29(33-31(36-27)32(2,3)4)28(21)30-34(5)25-13-9-10-14-26(25)35(30)24-18-16-23(17-19-24)22-11-7-6-8-12-22/h6-20H,1-5H3/q+1. The molecule has 0 radical (unpaired) electrons. The van der Waals surface area contributed by atoms with Gasteiger partial charge in [0.2, 0.25) is 5.89 Å². The number of para-hydroxylation sites is 2. The smallest absolute Gasteiger partial charge is 0.297 e. The Morgan fingerprint density at radius 1 is 0.778 bits per heavy atom. The summed E-state index contributed by atoms with van der Waals surface area (Å²) in [5, 5.41) is 0. The van der Waals surface area contributed by atoms with Gasteiger partial charge >= 0.3 is 0 Å². The van der Waals surface area contributed by atoms with Gasteiger partial charge in [-0.05, 0) is 53.9 Å². The first-order valence-electron chi connectivity index (χ1n) is 12.4. The molecule has 0 spiro atoms. The van der Waals surface area contributed by atoms with Crippen LogP contribution in [0.25, 0.3) is 50.3 Å². The lowest BCUT2D eigenvalue weighted by molar-refractivity contribution is -0.633. The van der Waals surface area contributed by atoms with Crippen LogP contribution in [0.5, 0.6) is 0 Å². The van der Waals surface area contributed by atoms with E-state index in [0.717, 1.165) is 50.7 Å². The maximum atomic E-state index is 6.24. The molecule has 0 fully saturated rings. The lowest BCUT2D eigenvalue weighted by Crippen LogP contribution is -2.30. The molecule has 0 aliphatic heterocycles. The number of benzene rings is 4. The van der Waals surface area contributed by atoms with E-state index in [1.54, 1.807) is 0 Å². The summed E-state index contributed by atoms with van der Waals surface area (Å²) in [7, 11) is 2.13. The molecule has 4 aromatic carbocycles. The van der Waals surface area contributed by atoms with E-state index in [1.165, 1.54) is 11.1 Å². The number of nitrogens with zero attached hydrogens (tertiary/aromatic N) is 3. The maximum Gasteiger partial charge on any atom is 0.297 e. The van der Waals surface area contributed by atoms with Crippen molar-refractivity contribution in [1.29, 1.82) is 0 Å². The molecule has 0 aliphatic carbocycles. The number of aromatic nitrogens is 3. The van der Waals surface area contributed by atoms with E-state index in [0.29, 0.717) is 0 Å². The summed E-state index contributed by atoms with van der Waals surface area (Å²) in [6, 6.07) is 32.0. The molecule has 0 saturated heterocycles. The van der Waals surface area contributed by atoms with Gasteiger partial charge in [0, 0.05) is 5.41 Å². The highest BCUT2D eigenvalue weighted by Crippen LogP contribution is 2.36. The average molecular weight is 473 g/mol. The highest BCUT2D eigenvalue weighted by atomic mass is 16.3. The molecule has 0 amide bonds. The lowest BCUT2D eigenvalue weighted by atomic mass is 9.97. The number of aryl methyl sites for hydroxylation is 2. The quantitative estimate of drug-likeness (QED) is 0.249. The van der Waals surface area contributed by atoms with Gasteiger partial charge in [0.1, 0.15) is 11.2 Å². The van der Waals surface area contributed by atoms with Crippen LogP contribution in [0.15, 0.2) is 95.4 Å². The molecule has 2 aromatic heterocycles. The predicted molar refractivity (Wildman–Crippen MR) is 146 cm³/mol. The van der Waals surface area contributed by atoms with Gasteiger partial charge in [-0.25, -0.2) is 9.55 Å². The van der Waals surface area contributed by atoms with Crippen molar-refractivity contribution < 1.29 is 8.98 Å². The monoisotopic (exact) mass is 472 g/mol. The fraction of sp³-hybridized carbons (Fsp3) is 0.188. The van der Waals surface area contributed by atoms with Gasteiger partial charge in [0.05, 0.1) is 12.6 Å². The van der Waals surface area contributed by atoms with Crippen LogP contribution in [0.3, 0.4) is 0 Å². The summed E-state index contributed by atoms with van der Waals surface area (Å²) in [6.07, 6.45) is 0. The zero-order chi connectivity index (χ0) is 25.0. The summed E-state index contributed by atoms with van der Waals surface area (Å²) in [5.74, 6) is 1.84. The maximum absolute atomic E-state index is 6.24. The number of oxazole rings is 1. The molecule has 4 heteroatoms. The van der Waals surface area contributed by atoms with E-state index in [1.807, 2.05) is 12.1 Å². The van der Waals surface area contributed by atoms with Crippen molar-refractivity contribution in [2.45, 2.75) is 33.1 Å². The second-order valence-corrected chi connectivity index (χ2v) is 10.5. The third-order valence-corrected chi connectivity index (χ3v) is 6.88. The lowest BCUT2D eigenvalue weighted by Gasteiger charge is -2.11. The van der Waals surface area contributed by atoms with Crippen molar-refractivity contribution in [2.24, 2.45) is 7.05 Å². The molecule has 0 saturated carbocycles. The molecule has 0 aliphatic rings. The minimum absolute atomic E-state index is 0.174. The van der Waals surface area contributed by atoms with Crippen molar-refractivity contribution in [2.75, 3.05) is 0 Å². The first kappa shape index (κ1) is 22.3. The minimum atomic E-state index is -0.174. The second kappa shape index (κ2) is 8.20. The number of rotatable bonds is 3. The van der Waals surface area contributed by atoms with Crippen LogP contribution in [0.2, 0.25) is 0 Å². The highest BCUT2D eigenvalue weighted by molar-refractivity contribution is 5.92. The number of hydrogen-bond donors (Lipinski definition) is 0. The number of imidazole rings is 1. The summed E-state index contributed by atoms with van der Waals surface area (Å²) >= 11 is 0. The fourth-order valence-corrected chi connectivity index (χ4v) is 4.99. The van der Waals surface area contributed by atoms with E-state index in [-0.39, 0.29) is 5.41 Å². The molecule has 4 nitrogen and oxygen atoms in total. The van der Waals surface area contributed by atoms with Crippen molar-refractivity contribution in [3.05, 3.63) is 102 Å². The topological polar surface area (TPSA) is 34.8 Å². The highest BCUT2D eigenvalue weighted by Gasteiger charge is 2.31. The molecule has 6 rings (SSSR count). The van der Waals surface area contributed by atoms with E-state index >= 15 is 0 Å². The Hall–Kier alpha value is -4.18. The Morgan fingerprint density at radius 2 is 1.44 bits per heavy atom. The fourth-order valence-electron chi connectivity index (χ4n) is 4.99. The molecule has 36 heavy (non-hydrogen) atoms. The number of hydrogen-bond acceptors (Lipinski definition) is 2. The van der Waals surface area contributed by atoms with Gasteiger partial charge in [0.15, 0.2) is 16.6 Å². The molecule has 0 bridgehead atoms. The van der Waals surface area contributed by atoms with Crippen molar-refractivity contribution >= 4 is 22.1 Å². The average Bonchev–Trinajstić information content (AvgIpc) is 3.45. The van der Waals surface area contributed by atoms with Crippen molar-refractivity contribution in [3.8, 4) is 28.2 Å². The Balaban J connectivity index is 1.64. The Morgan fingerprint density at radius 3 is 2.17 bits per heavy atom. The Kier molecular flexibility index (Phi) is 5.08. The van der Waals surface area contributed by atoms with Gasteiger partial charge in [-0.2, -0.15) is 4.57 Å². The van der Waals surface area contributed by atoms with Crippen molar-refractivity contribution in [1.82, 2.24) is 9.55 Å². The summed E-state index contributed by atoms with van der Waals surface area (Å²) in [4.78, 5) is 5.03. The van der Waals surface area contributed by atoms with E-state index in [9.17, 15) is 0 Å². The SMILES string of the molecule is Cc1ccc2oc(C(C)(C)C)nc2c1-c1n(-c2ccc(-c3ccccc3)cc2)c2ccccc2[n+]1C. The summed E-state index contributed by atoms with van der Waals surface area (Å²) in [5.41, 5.74) is 9.64. The van der Waals surface area contributed by atoms with Crippen LogP contribution in [-0.2, 0) is 12.5 Å². The third kappa shape index (κ3) is 3.53. The predicted octanol–water partition coefficient (Wildman–Crippen LogP) is 7.54. The van der Waals surface area contributed by atoms with Crippen LogP contribution >= 0.6 is 0 Å². The molecular formula is C32H30N3O+. The normalized spacial score (nSPS) is 12.0. The van der Waals surface area contributed by atoms with Gasteiger partial charge in [0.25, 0.3) is 5.82 Å². The van der Waals surface area contributed by atoms with Crippen LogP contribution in [-0.4, -0.2) is 9.55 Å². The zero-order valence-corrected chi connectivity index (χ0v) is 21.4. The Bertz CT molecular complexity index is 1720.